The van der Waals surface area contributed by atoms with Crippen LogP contribution in [0.25, 0.3) is 0 Å². The van der Waals surface area contributed by atoms with Crippen molar-refractivity contribution in [2.45, 2.75) is 75.3 Å². The first kappa shape index (κ1) is 23.0. The van der Waals surface area contributed by atoms with Gasteiger partial charge in [0.2, 0.25) is 10.0 Å². The fourth-order valence-corrected chi connectivity index (χ4v) is 5.94. The van der Waals surface area contributed by atoms with E-state index in [4.69, 9.17) is 16.3 Å². The number of carbonyl (C=O) groups is 2. The average Bonchev–Trinajstić information content (AvgIpc) is 3.06. The molecule has 0 bridgehead atoms. The summed E-state index contributed by atoms with van der Waals surface area (Å²) in [7, 11) is -3.82. The van der Waals surface area contributed by atoms with Crippen LogP contribution in [-0.4, -0.2) is 49.8 Å². The third kappa shape index (κ3) is 5.53. The monoisotopic (exact) mass is 456 g/mol. The molecule has 0 radical (unpaired) electrons. The van der Waals surface area contributed by atoms with Crippen molar-refractivity contribution >= 4 is 33.5 Å². The number of rotatable bonds is 6. The number of benzene rings is 1. The Labute approximate surface area is 183 Å². The molecule has 1 N–H and O–H groups in total. The summed E-state index contributed by atoms with van der Waals surface area (Å²) in [5, 5.41) is 2.95. The Balaban J connectivity index is 1.71. The second-order valence-electron chi connectivity index (χ2n) is 8.00. The van der Waals surface area contributed by atoms with Crippen LogP contribution >= 0.6 is 11.6 Å². The number of carbonyl (C=O) groups excluding carboxylic acids is 2. The van der Waals surface area contributed by atoms with Gasteiger partial charge in [-0.3, -0.25) is 4.79 Å². The molecule has 3 rings (SSSR count). The Kier molecular flexibility index (Phi) is 7.76. The smallest absolute Gasteiger partial charge is 0.338 e. The Bertz CT molecular complexity index is 875. The molecule has 1 aromatic carbocycles. The van der Waals surface area contributed by atoms with E-state index in [1.807, 2.05) is 0 Å². The van der Waals surface area contributed by atoms with E-state index in [1.165, 1.54) is 29.4 Å². The Morgan fingerprint density at radius 3 is 2.37 bits per heavy atom. The minimum atomic E-state index is -3.82. The van der Waals surface area contributed by atoms with Crippen molar-refractivity contribution in [3.05, 3.63) is 28.8 Å². The van der Waals surface area contributed by atoms with Gasteiger partial charge in [0, 0.05) is 19.1 Å². The number of nitrogens with zero attached hydrogens (tertiary/aromatic N) is 1. The lowest BCUT2D eigenvalue weighted by atomic mass is 10.2. The lowest BCUT2D eigenvalue weighted by molar-refractivity contribution is -0.129. The molecule has 1 unspecified atom stereocenters. The standard InChI is InChI=1S/C21H29ClN2O5S/c1-15(20(25)23-17-8-4-5-9-17)29-21(26)16-10-11-18(22)19(14-16)30(27,28)24-12-6-2-3-7-13-24/h10-11,14-15,17H,2-9,12-13H2,1H3,(H,23,25). The summed E-state index contributed by atoms with van der Waals surface area (Å²) < 4.78 is 32.9. The van der Waals surface area contributed by atoms with Crippen LogP contribution in [-0.2, 0) is 19.6 Å². The molecule has 2 fully saturated rings. The van der Waals surface area contributed by atoms with Crippen LogP contribution in [0, 0.1) is 0 Å². The molecule has 9 heteroatoms. The zero-order chi connectivity index (χ0) is 21.7. The molecule has 1 aliphatic heterocycles. The van der Waals surface area contributed by atoms with Gasteiger partial charge in [0.15, 0.2) is 6.10 Å². The fraction of sp³-hybridized carbons (Fsp3) is 0.619. The zero-order valence-corrected chi connectivity index (χ0v) is 18.8. The normalized spacial score (nSPS) is 19.8. The van der Waals surface area contributed by atoms with Crippen molar-refractivity contribution in [2.24, 2.45) is 0 Å². The number of hydrogen-bond donors (Lipinski definition) is 1. The van der Waals surface area contributed by atoms with Gasteiger partial charge in [-0.25, -0.2) is 13.2 Å². The zero-order valence-electron chi connectivity index (χ0n) is 17.2. The molecule has 1 saturated carbocycles. The number of nitrogens with one attached hydrogen (secondary N) is 1. The predicted octanol–water partition coefficient (Wildman–Crippen LogP) is 3.51. The molecule has 0 aromatic heterocycles. The van der Waals surface area contributed by atoms with Crippen LogP contribution in [0.2, 0.25) is 5.02 Å². The highest BCUT2D eigenvalue weighted by molar-refractivity contribution is 7.89. The van der Waals surface area contributed by atoms with Crippen molar-refractivity contribution in [2.75, 3.05) is 13.1 Å². The predicted molar refractivity (Wildman–Crippen MR) is 114 cm³/mol. The molecular formula is C21H29ClN2O5S. The van der Waals surface area contributed by atoms with Crippen LogP contribution in [0.4, 0.5) is 0 Å². The molecular weight excluding hydrogens is 428 g/mol. The van der Waals surface area contributed by atoms with E-state index in [0.717, 1.165) is 51.4 Å². The number of amides is 1. The van der Waals surface area contributed by atoms with Crippen LogP contribution in [0.15, 0.2) is 23.1 Å². The summed E-state index contributed by atoms with van der Waals surface area (Å²) >= 11 is 6.17. The Morgan fingerprint density at radius 2 is 1.73 bits per heavy atom. The average molecular weight is 457 g/mol. The maximum atomic E-state index is 13.1. The molecule has 1 aliphatic carbocycles. The molecule has 2 aliphatic rings. The number of sulfonamides is 1. The summed E-state index contributed by atoms with van der Waals surface area (Å²) in [6.45, 7) is 2.38. The maximum absolute atomic E-state index is 13.1. The van der Waals surface area contributed by atoms with Gasteiger partial charge in [0.1, 0.15) is 4.90 Å². The van der Waals surface area contributed by atoms with Crippen molar-refractivity contribution in [3.63, 3.8) is 0 Å². The quantitative estimate of drug-likeness (QED) is 0.661. The summed E-state index contributed by atoms with van der Waals surface area (Å²) in [5.74, 6) is -1.10. The van der Waals surface area contributed by atoms with Crippen molar-refractivity contribution < 1.29 is 22.7 Å². The van der Waals surface area contributed by atoms with Crippen LogP contribution in [0.5, 0.6) is 0 Å². The Morgan fingerprint density at radius 1 is 1.10 bits per heavy atom. The third-order valence-corrected chi connectivity index (χ3v) is 8.08. The van der Waals surface area contributed by atoms with Gasteiger partial charge < -0.3 is 10.1 Å². The molecule has 1 heterocycles. The highest BCUT2D eigenvalue weighted by Crippen LogP contribution is 2.28. The lowest BCUT2D eigenvalue weighted by Crippen LogP contribution is -2.40. The van der Waals surface area contributed by atoms with E-state index in [9.17, 15) is 18.0 Å². The van der Waals surface area contributed by atoms with Gasteiger partial charge in [0.25, 0.3) is 5.91 Å². The van der Waals surface area contributed by atoms with Crippen LogP contribution in [0.1, 0.15) is 68.6 Å². The van der Waals surface area contributed by atoms with E-state index in [-0.39, 0.29) is 27.4 Å². The van der Waals surface area contributed by atoms with Crippen molar-refractivity contribution in [1.29, 1.82) is 0 Å². The molecule has 7 nitrogen and oxygen atoms in total. The SMILES string of the molecule is CC(OC(=O)c1ccc(Cl)c(S(=O)(=O)N2CCCCCC2)c1)C(=O)NC1CCCC1. The fourth-order valence-electron chi connectivity index (χ4n) is 3.92. The van der Waals surface area contributed by atoms with Gasteiger partial charge in [-0.2, -0.15) is 4.31 Å². The molecule has 1 amide bonds. The molecule has 166 valence electrons. The molecule has 30 heavy (non-hydrogen) atoms. The minimum absolute atomic E-state index is 0.0494. The van der Waals surface area contributed by atoms with Crippen LogP contribution < -0.4 is 5.32 Å². The van der Waals surface area contributed by atoms with E-state index in [0.29, 0.717) is 13.1 Å². The molecule has 0 spiro atoms. The van der Waals surface area contributed by atoms with Gasteiger partial charge in [-0.1, -0.05) is 37.3 Å². The van der Waals surface area contributed by atoms with Gasteiger partial charge in [-0.15, -0.1) is 0 Å². The Hall–Kier alpha value is -1.64. The maximum Gasteiger partial charge on any atom is 0.338 e. The van der Waals surface area contributed by atoms with Crippen molar-refractivity contribution in [1.82, 2.24) is 9.62 Å². The molecule has 1 saturated heterocycles. The molecule has 1 atom stereocenters. The van der Waals surface area contributed by atoms with E-state index < -0.39 is 22.1 Å². The third-order valence-electron chi connectivity index (χ3n) is 5.70. The van der Waals surface area contributed by atoms with Crippen molar-refractivity contribution in [3.8, 4) is 0 Å². The number of halogens is 1. The summed E-state index contributed by atoms with van der Waals surface area (Å²) in [6, 6.07) is 4.16. The highest BCUT2D eigenvalue weighted by atomic mass is 35.5. The second kappa shape index (κ2) is 10.1. The first-order valence-corrected chi connectivity index (χ1v) is 12.4. The number of ether oxygens (including phenoxy) is 1. The first-order chi connectivity index (χ1) is 14.3. The first-order valence-electron chi connectivity index (χ1n) is 10.6. The van der Waals surface area contributed by atoms with Gasteiger partial charge in [0.05, 0.1) is 10.6 Å². The largest absolute Gasteiger partial charge is 0.449 e. The summed E-state index contributed by atoms with van der Waals surface area (Å²) in [6.07, 6.45) is 6.64. The van der Waals surface area contributed by atoms with Gasteiger partial charge >= 0.3 is 5.97 Å². The summed E-state index contributed by atoms with van der Waals surface area (Å²) in [5.41, 5.74) is 0.0494. The highest BCUT2D eigenvalue weighted by Gasteiger charge is 2.29. The van der Waals surface area contributed by atoms with E-state index in [1.54, 1.807) is 0 Å². The molecule has 1 aromatic rings. The van der Waals surface area contributed by atoms with Crippen LogP contribution in [0.3, 0.4) is 0 Å². The lowest BCUT2D eigenvalue weighted by Gasteiger charge is -2.21. The van der Waals surface area contributed by atoms with Gasteiger partial charge in [-0.05, 0) is 50.8 Å². The number of esters is 1. The summed E-state index contributed by atoms with van der Waals surface area (Å²) in [4.78, 5) is 24.7. The number of hydrogen-bond acceptors (Lipinski definition) is 5. The second-order valence-corrected chi connectivity index (χ2v) is 10.3. The minimum Gasteiger partial charge on any atom is -0.449 e. The van der Waals surface area contributed by atoms with E-state index >= 15 is 0 Å². The topological polar surface area (TPSA) is 92.8 Å². The van der Waals surface area contributed by atoms with E-state index in [2.05, 4.69) is 5.32 Å².